The van der Waals surface area contributed by atoms with Gasteiger partial charge in [-0.2, -0.15) is 8.42 Å². The predicted octanol–water partition coefficient (Wildman–Crippen LogP) is 2.33. The molecule has 0 amide bonds. The van der Waals surface area contributed by atoms with Crippen LogP contribution in [-0.4, -0.2) is 14.3 Å². The monoisotopic (exact) mass is 246 g/mol. The fourth-order valence-electron chi connectivity index (χ4n) is 0.987. The molecule has 0 N–H and O–H groups in total. The third kappa shape index (κ3) is 3.54. The van der Waals surface area contributed by atoms with Crippen LogP contribution in [0.25, 0.3) is 0 Å². The quantitative estimate of drug-likeness (QED) is 0.456. The zero-order chi connectivity index (χ0) is 11.3. The first kappa shape index (κ1) is 12.0. The fraction of sp³-hybridized carbons (Fsp3) is 0.200. The van der Waals surface area contributed by atoms with Crippen LogP contribution in [0, 0.1) is 11.8 Å². The van der Waals surface area contributed by atoms with E-state index < -0.39 is 15.1 Å². The average molecular weight is 247 g/mol. The van der Waals surface area contributed by atoms with Gasteiger partial charge < -0.3 is 0 Å². The van der Waals surface area contributed by atoms with Crippen molar-refractivity contribution < 1.29 is 12.3 Å². The molecule has 1 aromatic carbocycles. The maximum Gasteiger partial charge on any atom is 0.333 e. The predicted molar refractivity (Wildman–Crippen MR) is 57.0 cm³/mol. The summed E-state index contributed by atoms with van der Waals surface area (Å²) in [6, 6.07) is 5.67. The average Bonchev–Trinajstić information content (AvgIpc) is 2.17. The molecule has 0 heterocycles. The molecule has 0 unspecified atom stereocenters. The summed E-state index contributed by atoms with van der Waals surface area (Å²) >= 11 is 5.40. The molecule has 0 saturated heterocycles. The Balaban J connectivity index is 3.15. The molecule has 0 radical (unpaired) electrons. The third-order valence-corrected chi connectivity index (χ3v) is 2.66. The zero-order valence-corrected chi connectivity index (χ0v) is 9.28. The maximum atomic E-state index is 12.8. The highest BCUT2D eigenvalue weighted by Crippen LogP contribution is 2.16. The number of rotatable bonds is 2. The molecule has 0 aromatic heterocycles. The zero-order valence-electron chi connectivity index (χ0n) is 7.70. The Morgan fingerprint density at radius 1 is 1.33 bits per heavy atom. The van der Waals surface area contributed by atoms with Crippen molar-refractivity contribution >= 4 is 21.8 Å². The SMILES string of the molecule is O=S(=O)(F)c1ccccc1C#CCCCl. The Kier molecular flexibility index (Phi) is 4.13. The highest BCUT2D eigenvalue weighted by molar-refractivity contribution is 7.86. The molecule has 1 rings (SSSR count). The Morgan fingerprint density at radius 2 is 2.00 bits per heavy atom. The summed E-state index contributed by atoms with van der Waals surface area (Å²) in [7, 11) is -4.71. The van der Waals surface area contributed by atoms with E-state index in [1.165, 1.54) is 18.2 Å². The molecule has 0 spiro atoms. The molecule has 0 atom stereocenters. The first-order valence-electron chi connectivity index (χ1n) is 4.14. The van der Waals surface area contributed by atoms with Crippen molar-refractivity contribution in [3.63, 3.8) is 0 Å². The van der Waals surface area contributed by atoms with E-state index in [-0.39, 0.29) is 5.56 Å². The summed E-state index contributed by atoms with van der Waals surface area (Å²) < 4.78 is 34.2. The minimum atomic E-state index is -4.71. The summed E-state index contributed by atoms with van der Waals surface area (Å²) in [5, 5.41) is 0. The summed E-state index contributed by atoms with van der Waals surface area (Å²) in [5.41, 5.74) is 0.158. The number of benzene rings is 1. The fourth-order valence-corrected chi connectivity index (χ4v) is 1.70. The summed E-state index contributed by atoms with van der Waals surface area (Å²) in [5.74, 6) is 5.58. The van der Waals surface area contributed by atoms with Gasteiger partial charge in [0.25, 0.3) is 0 Å². The van der Waals surface area contributed by atoms with Gasteiger partial charge in [-0.05, 0) is 12.1 Å². The Morgan fingerprint density at radius 3 is 2.60 bits per heavy atom. The van der Waals surface area contributed by atoms with Crippen LogP contribution in [0.15, 0.2) is 29.2 Å². The van der Waals surface area contributed by atoms with E-state index in [9.17, 15) is 12.3 Å². The smallest absolute Gasteiger partial charge is 0.189 e. The van der Waals surface area contributed by atoms with Crippen molar-refractivity contribution in [2.75, 3.05) is 5.88 Å². The van der Waals surface area contributed by atoms with Gasteiger partial charge in [-0.1, -0.05) is 24.0 Å². The van der Waals surface area contributed by atoms with Gasteiger partial charge in [-0.25, -0.2) is 0 Å². The normalized spacial score (nSPS) is 10.5. The second kappa shape index (κ2) is 5.15. The maximum absolute atomic E-state index is 12.8. The van der Waals surface area contributed by atoms with Crippen molar-refractivity contribution in [1.82, 2.24) is 0 Å². The molecule has 80 valence electrons. The van der Waals surface area contributed by atoms with Gasteiger partial charge in [-0.15, -0.1) is 15.5 Å². The van der Waals surface area contributed by atoms with E-state index in [1.54, 1.807) is 6.07 Å². The van der Waals surface area contributed by atoms with Crippen LogP contribution < -0.4 is 0 Å². The Labute approximate surface area is 93.3 Å². The third-order valence-electron chi connectivity index (χ3n) is 1.59. The number of hydrogen-bond donors (Lipinski definition) is 0. The van der Waals surface area contributed by atoms with E-state index in [1.807, 2.05) is 0 Å². The second-order valence-corrected chi connectivity index (χ2v) is 4.37. The molecular weight excluding hydrogens is 239 g/mol. The van der Waals surface area contributed by atoms with E-state index >= 15 is 0 Å². The number of halogens is 2. The largest absolute Gasteiger partial charge is 0.333 e. The van der Waals surface area contributed by atoms with Crippen LogP contribution in [0.1, 0.15) is 12.0 Å². The van der Waals surface area contributed by atoms with Crippen LogP contribution in [0.4, 0.5) is 3.89 Å². The molecule has 2 nitrogen and oxygen atoms in total. The number of alkyl halides is 1. The van der Waals surface area contributed by atoms with Crippen molar-refractivity contribution in [3.8, 4) is 11.8 Å². The van der Waals surface area contributed by atoms with Gasteiger partial charge in [0.15, 0.2) is 0 Å². The van der Waals surface area contributed by atoms with Crippen LogP contribution in [0.5, 0.6) is 0 Å². The lowest BCUT2D eigenvalue weighted by molar-refractivity contribution is 0.552. The second-order valence-electron chi connectivity index (χ2n) is 2.67. The lowest BCUT2D eigenvalue weighted by Crippen LogP contribution is -1.95. The summed E-state index contributed by atoms with van der Waals surface area (Å²) in [4.78, 5) is -0.396. The van der Waals surface area contributed by atoms with E-state index in [0.29, 0.717) is 12.3 Å². The highest BCUT2D eigenvalue weighted by atomic mass is 35.5. The lowest BCUT2D eigenvalue weighted by atomic mass is 10.2. The molecule has 0 fully saturated rings. The summed E-state index contributed by atoms with van der Waals surface area (Å²) in [6.07, 6.45) is 0.433. The minimum Gasteiger partial charge on any atom is -0.189 e. The van der Waals surface area contributed by atoms with Crippen molar-refractivity contribution in [2.45, 2.75) is 11.3 Å². The molecule has 0 aliphatic heterocycles. The van der Waals surface area contributed by atoms with E-state index in [0.717, 1.165) is 0 Å². The van der Waals surface area contributed by atoms with Crippen molar-refractivity contribution in [1.29, 1.82) is 0 Å². The van der Waals surface area contributed by atoms with Crippen LogP contribution in [0.3, 0.4) is 0 Å². The van der Waals surface area contributed by atoms with Crippen LogP contribution in [-0.2, 0) is 10.2 Å². The standard InChI is InChI=1S/C10H8ClFO2S/c11-8-4-3-6-9-5-1-2-7-10(9)15(12,13)14/h1-2,5,7H,4,8H2. The highest BCUT2D eigenvalue weighted by Gasteiger charge is 2.14. The Hall–Kier alpha value is -1.05. The van der Waals surface area contributed by atoms with Gasteiger partial charge in [0.2, 0.25) is 0 Å². The Bertz CT molecular complexity index is 500. The van der Waals surface area contributed by atoms with Crippen molar-refractivity contribution in [3.05, 3.63) is 29.8 Å². The van der Waals surface area contributed by atoms with Gasteiger partial charge >= 0.3 is 10.2 Å². The molecule has 0 aliphatic carbocycles. The lowest BCUT2D eigenvalue weighted by Gasteiger charge is -1.97. The van der Waals surface area contributed by atoms with E-state index in [4.69, 9.17) is 11.6 Å². The molecule has 15 heavy (non-hydrogen) atoms. The molecule has 5 heteroatoms. The number of hydrogen-bond acceptors (Lipinski definition) is 2. The van der Waals surface area contributed by atoms with Gasteiger partial charge in [0.1, 0.15) is 4.90 Å². The first-order valence-corrected chi connectivity index (χ1v) is 6.06. The van der Waals surface area contributed by atoms with Crippen molar-refractivity contribution in [2.24, 2.45) is 0 Å². The molecule has 0 saturated carbocycles. The molecule has 0 bridgehead atoms. The van der Waals surface area contributed by atoms with Gasteiger partial charge in [0, 0.05) is 17.9 Å². The first-order chi connectivity index (χ1) is 7.05. The van der Waals surface area contributed by atoms with Gasteiger partial charge in [0.05, 0.1) is 0 Å². The van der Waals surface area contributed by atoms with Crippen LogP contribution >= 0.6 is 11.6 Å². The summed E-state index contributed by atoms with van der Waals surface area (Å²) in [6.45, 7) is 0. The van der Waals surface area contributed by atoms with Gasteiger partial charge in [-0.3, -0.25) is 0 Å². The van der Waals surface area contributed by atoms with Crippen LogP contribution in [0.2, 0.25) is 0 Å². The topological polar surface area (TPSA) is 34.1 Å². The molecule has 1 aromatic rings. The minimum absolute atomic E-state index is 0.158. The molecule has 0 aliphatic rings. The molecular formula is C10H8ClFO2S. The van der Waals surface area contributed by atoms with E-state index in [2.05, 4.69) is 11.8 Å².